The molecule has 3 atom stereocenters. The smallest absolute Gasteiger partial charge is 0.387 e. The van der Waals surface area contributed by atoms with Crippen LogP contribution < -0.4 is 5.32 Å². The number of aliphatic hydroxyl groups is 1. The molecule has 3 N–H and O–H groups in total. The molecule has 0 aliphatic rings. The Morgan fingerprint density at radius 3 is 1.28 bits per heavy atom. The molecule has 0 aromatic carbocycles. The van der Waals surface area contributed by atoms with Crippen molar-refractivity contribution in [3.63, 3.8) is 0 Å². The van der Waals surface area contributed by atoms with Gasteiger partial charge in [0.25, 0.3) is 0 Å². The maximum absolute atomic E-state index is 13.0. The van der Waals surface area contributed by atoms with Gasteiger partial charge in [0.05, 0.1) is 39.9 Å². The summed E-state index contributed by atoms with van der Waals surface area (Å²) in [6.07, 6.45) is 69.9. The average Bonchev–Trinajstić information content (AvgIpc) is 3.31. The van der Waals surface area contributed by atoms with E-state index in [1.165, 1.54) is 148 Å². The van der Waals surface area contributed by atoms with Crippen LogP contribution in [0.25, 0.3) is 0 Å². The van der Waals surface area contributed by atoms with Crippen molar-refractivity contribution in [3.05, 3.63) is 72.9 Å². The maximum atomic E-state index is 13.0. The molecule has 0 bridgehead atoms. The lowest BCUT2D eigenvalue weighted by Gasteiger charge is -2.25. The highest BCUT2D eigenvalue weighted by Gasteiger charge is 2.27. The molecule has 0 aliphatic heterocycles. The van der Waals surface area contributed by atoms with E-state index in [1.807, 2.05) is 27.2 Å². The Balaban J connectivity index is 4.26. The van der Waals surface area contributed by atoms with E-state index < -0.39 is 20.0 Å². The van der Waals surface area contributed by atoms with Crippen LogP contribution in [-0.4, -0.2) is 73.4 Å². The Morgan fingerprint density at radius 2 is 0.870 bits per heavy atom. The van der Waals surface area contributed by atoms with Gasteiger partial charge in [-0.05, 0) is 64.2 Å². The third-order valence-corrected chi connectivity index (χ3v) is 13.7. The molecular weight excluding hydrogens is 876 g/mol. The molecule has 0 heterocycles. The van der Waals surface area contributed by atoms with Crippen molar-refractivity contribution in [1.29, 1.82) is 0 Å². The maximum Gasteiger partial charge on any atom is 0.472 e. The average molecular weight is 989 g/mol. The van der Waals surface area contributed by atoms with E-state index >= 15 is 0 Å². The number of phosphoric ester groups is 1. The fourth-order valence-electron chi connectivity index (χ4n) is 8.19. The van der Waals surface area contributed by atoms with Gasteiger partial charge in [0.15, 0.2) is 0 Å². The lowest BCUT2D eigenvalue weighted by molar-refractivity contribution is -0.870. The number of nitrogens with one attached hydrogen (secondary N) is 1. The first-order valence-electron chi connectivity index (χ1n) is 28.8. The number of rotatable bonds is 52. The monoisotopic (exact) mass is 988 g/mol. The van der Waals surface area contributed by atoms with Gasteiger partial charge >= 0.3 is 7.82 Å². The molecule has 0 saturated carbocycles. The number of nitrogens with zero attached hydrogens (tertiary/aromatic N) is 1. The first-order chi connectivity index (χ1) is 33.5. The molecule has 1 amide bonds. The van der Waals surface area contributed by atoms with Gasteiger partial charge < -0.3 is 19.8 Å². The van der Waals surface area contributed by atoms with E-state index in [0.29, 0.717) is 17.4 Å². The highest BCUT2D eigenvalue weighted by atomic mass is 31.2. The number of carbonyl (C=O) groups excluding carboxylic acids is 1. The number of unbranched alkanes of at least 4 members (excludes halogenated alkanes) is 29. The Morgan fingerprint density at radius 1 is 0.507 bits per heavy atom. The number of hydrogen-bond donors (Lipinski definition) is 3. The molecular formula is C60H112N2O6P+. The summed E-state index contributed by atoms with van der Waals surface area (Å²) in [5, 5.41) is 13.9. The first kappa shape index (κ1) is 66.9. The Hall–Kier alpha value is -2.06. The van der Waals surface area contributed by atoms with Crippen molar-refractivity contribution in [3.8, 4) is 0 Å². The van der Waals surface area contributed by atoms with Crippen molar-refractivity contribution < 1.29 is 32.9 Å². The summed E-state index contributed by atoms with van der Waals surface area (Å²) in [6, 6.07) is -0.858. The molecule has 0 radical (unpaired) electrons. The molecule has 0 fully saturated rings. The summed E-state index contributed by atoms with van der Waals surface area (Å²) in [6.45, 7) is 4.71. The number of quaternary nitrogens is 1. The van der Waals surface area contributed by atoms with E-state index in [2.05, 4.69) is 79.9 Å². The largest absolute Gasteiger partial charge is 0.472 e. The van der Waals surface area contributed by atoms with Crippen molar-refractivity contribution in [2.75, 3.05) is 40.9 Å². The zero-order valence-electron chi connectivity index (χ0n) is 45.8. The van der Waals surface area contributed by atoms with Gasteiger partial charge in [-0.3, -0.25) is 13.8 Å². The van der Waals surface area contributed by atoms with Crippen LogP contribution in [0, 0.1) is 0 Å². The van der Waals surface area contributed by atoms with Crippen LogP contribution in [0.1, 0.15) is 251 Å². The molecule has 8 nitrogen and oxygen atoms in total. The number of hydrogen-bond acceptors (Lipinski definition) is 5. The first-order valence-corrected chi connectivity index (χ1v) is 30.3. The fraction of sp³-hybridized carbons (Fsp3) is 0.783. The van der Waals surface area contributed by atoms with E-state index in [1.54, 1.807) is 6.08 Å². The SMILES string of the molecule is CC/C=C\C/C=C\C/C=C\C/C=C\C/C=C\CCCCCCCCCC(=O)NC(COP(=O)(O)OCC[N+](C)(C)C)C(O)/C=C/CCCCCCCCCCCCCCCCCCCCCCCC. The standard InChI is InChI=1S/C60H111N2O6P/c1-6-8-10-12-14-16-18-20-22-24-26-28-30-32-33-35-37-39-41-43-45-47-49-51-53-59(63)58(57-68-69(65,66)67-56-55-62(3,4)5)61-60(64)54-52-50-48-46-44-42-40-38-36-34-31-29-27-25-23-21-19-17-15-13-11-9-7-2/h9,11,15,17,21,23,27,29,34,36,51,53,58-59,63H,6-8,10,12-14,16,18-20,22,24-26,28,30-33,35,37-50,52,54-57H2,1-5H3,(H-,61,64,65,66)/p+1/b11-9-,17-15-,23-21-,29-27-,36-34-,53-51+. The van der Waals surface area contributed by atoms with Crippen LogP contribution in [0.3, 0.4) is 0 Å². The molecule has 3 unspecified atom stereocenters. The summed E-state index contributed by atoms with van der Waals surface area (Å²) in [4.78, 5) is 23.3. The quantitative estimate of drug-likeness (QED) is 0.0243. The topological polar surface area (TPSA) is 105 Å². The molecule has 9 heteroatoms. The Labute approximate surface area is 427 Å². The summed E-state index contributed by atoms with van der Waals surface area (Å²) < 4.78 is 23.7. The van der Waals surface area contributed by atoms with Crippen LogP contribution in [0.2, 0.25) is 0 Å². The number of likely N-dealkylation sites (N-methyl/N-ethyl adjacent to an activating group) is 1. The molecule has 0 aromatic rings. The minimum atomic E-state index is -4.36. The Kier molecular flexibility index (Phi) is 49.3. The highest BCUT2D eigenvalue weighted by molar-refractivity contribution is 7.47. The number of allylic oxidation sites excluding steroid dienone is 11. The molecule has 0 spiro atoms. The minimum absolute atomic E-state index is 0.0561. The number of carbonyl (C=O) groups is 1. The van der Waals surface area contributed by atoms with E-state index in [9.17, 15) is 19.4 Å². The second kappa shape index (κ2) is 50.9. The predicted molar refractivity (Wildman–Crippen MR) is 300 cm³/mol. The third kappa shape index (κ3) is 53.6. The van der Waals surface area contributed by atoms with E-state index in [0.717, 1.165) is 83.5 Å². The second-order valence-corrected chi connectivity index (χ2v) is 22.1. The van der Waals surface area contributed by atoms with Crippen molar-refractivity contribution in [1.82, 2.24) is 5.32 Å². The van der Waals surface area contributed by atoms with Crippen molar-refractivity contribution in [2.24, 2.45) is 0 Å². The van der Waals surface area contributed by atoms with Gasteiger partial charge in [0.2, 0.25) is 5.91 Å². The molecule has 0 aliphatic carbocycles. The van der Waals surface area contributed by atoms with Gasteiger partial charge in [-0.25, -0.2) is 4.57 Å². The summed E-state index contributed by atoms with van der Waals surface area (Å²) >= 11 is 0. The highest BCUT2D eigenvalue weighted by Crippen LogP contribution is 2.43. The van der Waals surface area contributed by atoms with Crippen LogP contribution in [0.4, 0.5) is 0 Å². The summed E-state index contributed by atoms with van der Waals surface area (Å²) in [5.41, 5.74) is 0. The van der Waals surface area contributed by atoms with Crippen LogP contribution in [0.5, 0.6) is 0 Å². The fourth-order valence-corrected chi connectivity index (χ4v) is 8.92. The second-order valence-electron chi connectivity index (χ2n) is 20.6. The number of phosphoric acid groups is 1. The van der Waals surface area contributed by atoms with Gasteiger partial charge in [0.1, 0.15) is 13.2 Å². The van der Waals surface area contributed by atoms with Crippen LogP contribution in [0.15, 0.2) is 72.9 Å². The zero-order chi connectivity index (χ0) is 50.6. The number of aliphatic hydroxyl groups excluding tert-OH is 1. The molecule has 0 rings (SSSR count). The van der Waals surface area contributed by atoms with Crippen LogP contribution in [-0.2, 0) is 18.4 Å². The van der Waals surface area contributed by atoms with Gasteiger partial charge in [-0.1, -0.05) is 254 Å². The van der Waals surface area contributed by atoms with Crippen LogP contribution >= 0.6 is 7.82 Å². The third-order valence-electron chi connectivity index (χ3n) is 12.7. The van der Waals surface area contributed by atoms with Crippen molar-refractivity contribution in [2.45, 2.75) is 264 Å². The minimum Gasteiger partial charge on any atom is -0.387 e. The van der Waals surface area contributed by atoms with Gasteiger partial charge in [-0.15, -0.1) is 0 Å². The predicted octanol–water partition coefficient (Wildman–Crippen LogP) is 17.5. The van der Waals surface area contributed by atoms with E-state index in [-0.39, 0.29) is 19.1 Å². The lowest BCUT2D eigenvalue weighted by atomic mass is 10.0. The van der Waals surface area contributed by atoms with Crippen molar-refractivity contribution >= 4 is 13.7 Å². The normalized spacial score (nSPS) is 14.5. The number of amides is 1. The zero-order valence-corrected chi connectivity index (χ0v) is 46.7. The molecule has 69 heavy (non-hydrogen) atoms. The molecule has 0 saturated heterocycles. The molecule has 402 valence electrons. The van der Waals surface area contributed by atoms with Gasteiger partial charge in [-0.2, -0.15) is 0 Å². The summed E-state index contributed by atoms with van der Waals surface area (Å²) in [7, 11) is 1.56. The Bertz CT molecular complexity index is 1350. The van der Waals surface area contributed by atoms with E-state index in [4.69, 9.17) is 9.05 Å². The lowest BCUT2D eigenvalue weighted by Crippen LogP contribution is -2.45. The molecule has 0 aromatic heterocycles. The summed E-state index contributed by atoms with van der Waals surface area (Å²) in [5.74, 6) is -0.188. The van der Waals surface area contributed by atoms with Gasteiger partial charge in [0, 0.05) is 6.42 Å².